The molecule has 4 nitrogen and oxygen atoms in total. The lowest BCUT2D eigenvalue weighted by molar-refractivity contribution is -0.136. The van der Waals surface area contributed by atoms with E-state index in [1.807, 2.05) is 0 Å². The molecule has 0 aliphatic heterocycles. The van der Waals surface area contributed by atoms with Gasteiger partial charge in [0.15, 0.2) is 0 Å². The molecule has 0 aromatic carbocycles. The summed E-state index contributed by atoms with van der Waals surface area (Å²) in [4.78, 5) is 19.7. The summed E-state index contributed by atoms with van der Waals surface area (Å²) in [6.07, 6.45) is 0.656. The summed E-state index contributed by atoms with van der Waals surface area (Å²) in [6, 6.07) is -0.374. The minimum atomic E-state index is -0.955. The SMILES string of the molecule is CC(C=O)NCC(=O)O. The van der Waals surface area contributed by atoms with E-state index < -0.39 is 5.97 Å². The molecule has 0 heterocycles. The number of hydrogen-bond acceptors (Lipinski definition) is 3. The van der Waals surface area contributed by atoms with Gasteiger partial charge in [0.1, 0.15) is 6.29 Å². The fourth-order valence-corrected chi connectivity index (χ4v) is 0.296. The van der Waals surface area contributed by atoms with Crippen LogP contribution in [0.1, 0.15) is 6.92 Å². The van der Waals surface area contributed by atoms with Crippen LogP contribution in [-0.4, -0.2) is 29.9 Å². The largest absolute Gasteiger partial charge is 0.480 e. The van der Waals surface area contributed by atoms with Crippen LogP contribution in [0.3, 0.4) is 0 Å². The maximum atomic E-state index is 9.86. The lowest BCUT2D eigenvalue weighted by Gasteiger charge is -2.01. The molecule has 0 saturated carbocycles. The third-order valence-electron chi connectivity index (χ3n) is 0.779. The van der Waals surface area contributed by atoms with Crippen molar-refractivity contribution in [2.24, 2.45) is 0 Å². The van der Waals surface area contributed by atoms with Crippen LogP contribution in [0.5, 0.6) is 0 Å². The summed E-state index contributed by atoms with van der Waals surface area (Å²) in [5.41, 5.74) is 0. The lowest BCUT2D eigenvalue weighted by atomic mass is 10.4. The van der Waals surface area contributed by atoms with Crippen LogP contribution in [-0.2, 0) is 9.59 Å². The molecule has 0 amide bonds. The van der Waals surface area contributed by atoms with Crippen LogP contribution < -0.4 is 5.32 Å². The normalized spacial score (nSPS) is 12.6. The number of hydrogen-bond donors (Lipinski definition) is 2. The molecule has 0 aliphatic rings. The minimum absolute atomic E-state index is 0.167. The number of carboxylic acids is 1. The van der Waals surface area contributed by atoms with Gasteiger partial charge in [0, 0.05) is 0 Å². The fraction of sp³-hybridized carbons (Fsp3) is 0.600. The number of aldehydes is 1. The first-order valence-corrected chi connectivity index (χ1v) is 2.57. The Kier molecular flexibility index (Phi) is 3.62. The van der Waals surface area contributed by atoms with Crippen molar-refractivity contribution in [1.82, 2.24) is 5.32 Å². The third kappa shape index (κ3) is 4.96. The molecule has 1 unspecified atom stereocenters. The average molecular weight is 131 g/mol. The van der Waals surface area contributed by atoms with E-state index in [0.29, 0.717) is 6.29 Å². The monoisotopic (exact) mass is 131 g/mol. The highest BCUT2D eigenvalue weighted by Crippen LogP contribution is 1.70. The van der Waals surface area contributed by atoms with Gasteiger partial charge in [-0.2, -0.15) is 0 Å². The Labute approximate surface area is 52.9 Å². The molecular weight excluding hydrogens is 122 g/mol. The van der Waals surface area contributed by atoms with E-state index in [9.17, 15) is 9.59 Å². The van der Waals surface area contributed by atoms with Crippen molar-refractivity contribution in [3.63, 3.8) is 0 Å². The number of aliphatic carboxylic acids is 1. The van der Waals surface area contributed by atoms with E-state index in [2.05, 4.69) is 5.32 Å². The highest BCUT2D eigenvalue weighted by molar-refractivity contribution is 5.70. The Morgan fingerprint density at radius 2 is 2.44 bits per heavy atom. The molecule has 2 N–H and O–H groups in total. The summed E-state index contributed by atoms with van der Waals surface area (Å²) in [5, 5.41) is 10.5. The lowest BCUT2D eigenvalue weighted by Crippen LogP contribution is -2.32. The average Bonchev–Trinajstić information content (AvgIpc) is 1.83. The summed E-state index contributed by atoms with van der Waals surface area (Å²) < 4.78 is 0. The second-order valence-corrected chi connectivity index (χ2v) is 1.70. The molecule has 0 aliphatic carbocycles. The minimum Gasteiger partial charge on any atom is -0.480 e. The fourth-order valence-electron chi connectivity index (χ4n) is 0.296. The van der Waals surface area contributed by atoms with Crippen LogP contribution in [0, 0.1) is 0 Å². The van der Waals surface area contributed by atoms with Crippen molar-refractivity contribution in [2.75, 3.05) is 6.54 Å². The number of rotatable bonds is 4. The maximum absolute atomic E-state index is 9.86. The zero-order chi connectivity index (χ0) is 7.28. The molecular formula is C5H9NO3. The first-order chi connectivity index (χ1) is 4.16. The summed E-state index contributed by atoms with van der Waals surface area (Å²) >= 11 is 0. The predicted octanol–water partition coefficient (Wildman–Crippen LogP) is -0.752. The van der Waals surface area contributed by atoms with Crippen LogP contribution in [0.4, 0.5) is 0 Å². The van der Waals surface area contributed by atoms with Gasteiger partial charge in [-0.1, -0.05) is 0 Å². The van der Waals surface area contributed by atoms with Crippen LogP contribution in [0.2, 0.25) is 0 Å². The van der Waals surface area contributed by atoms with E-state index >= 15 is 0 Å². The van der Waals surface area contributed by atoms with Gasteiger partial charge >= 0.3 is 5.97 Å². The maximum Gasteiger partial charge on any atom is 0.317 e. The van der Waals surface area contributed by atoms with Crippen molar-refractivity contribution in [3.8, 4) is 0 Å². The van der Waals surface area contributed by atoms with E-state index in [4.69, 9.17) is 5.11 Å². The van der Waals surface area contributed by atoms with Crippen molar-refractivity contribution in [1.29, 1.82) is 0 Å². The Bertz CT molecular complexity index is 113. The molecule has 1 atom stereocenters. The molecule has 0 spiro atoms. The highest BCUT2D eigenvalue weighted by atomic mass is 16.4. The van der Waals surface area contributed by atoms with E-state index in [-0.39, 0.29) is 12.6 Å². The molecule has 9 heavy (non-hydrogen) atoms. The molecule has 4 heteroatoms. The van der Waals surface area contributed by atoms with Crippen LogP contribution in [0.15, 0.2) is 0 Å². The van der Waals surface area contributed by atoms with E-state index in [0.717, 1.165) is 0 Å². The van der Waals surface area contributed by atoms with E-state index in [1.165, 1.54) is 0 Å². The van der Waals surface area contributed by atoms with Crippen molar-refractivity contribution in [2.45, 2.75) is 13.0 Å². The number of carboxylic acid groups (broad SMARTS) is 1. The molecule has 0 aromatic heterocycles. The quantitative estimate of drug-likeness (QED) is 0.492. The molecule has 0 fully saturated rings. The molecule has 0 rings (SSSR count). The third-order valence-corrected chi connectivity index (χ3v) is 0.779. The van der Waals surface area contributed by atoms with E-state index in [1.54, 1.807) is 6.92 Å². The standard InChI is InChI=1S/C5H9NO3/c1-4(3-7)6-2-5(8)9/h3-4,6H,2H2,1H3,(H,8,9). The second-order valence-electron chi connectivity index (χ2n) is 1.70. The Morgan fingerprint density at radius 3 is 2.78 bits per heavy atom. The zero-order valence-corrected chi connectivity index (χ0v) is 5.13. The van der Waals surface area contributed by atoms with Gasteiger partial charge in [0.25, 0.3) is 0 Å². The molecule has 0 radical (unpaired) electrons. The number of carbonyl (C=O) groups is 2. The molecule has 52 valence electrons. The van der Waals surface area contributed by atoms with Crippen LogP contribution in [0.25, 0.3) is 0 Å². The zero-order valence-electron chi connectivity index (χ0n) is 5.13. The molecule has 0 aromatic rings. The van der Waals surface area contributed by atoms with Gasteiger partial charge in [-0.15, -0.1) is 0 Å². The Balaban J connectivity index is 3.26. The first-order valence-electron chi connectivity index (χ1n) is 2.57. The summed E-state index contributed by atoms with van der Waals surface area (Å²) in [6.45, 7) is 1.43. The summed E-state index contributed by atoms with van der Waals surface area (Å²) in [7, 11) is 0. The second kappa shape index (κ2) is 4.03. The molecule has 0 saturated heterocycles. The van der Waals surface area contributed by atoms with Crippen molar-refractivity contribution >= 4 is 12.3 Å². The summed E-state index contributed by atoms with van der Waals surface area (Å²) in [5.74, 6) is -0.955. The van der Waals surface area contributed by atoms with Gasteiger partial charge in [0.2, 0.25) is 0 Å². The number of nitrogens with one attached hydrogen (secondary N) is 1. The highest BCUT2D eigenvalue weighted by Gasteiger charge is 1.99. The van der Waals surface area contributed by atoms with Gasteiger partial charge in [-0.25, -0.2) is 0 Å². The first kappa shape index (κ1) is 8.10. The topological polar surface area (TPSA) is 66.4 Å². The van der Waals surface area contributed by atoms with Crippen LogP contribution >= 0.6 is 0 Å². The van der Waals surface area contributed by atoms with Crippen molar-refractivity contribution < 1.29 is 14.7 Å². The Morgan fingerprint density at radius 1 is 1.89 bits per heavy atom. The van der Waals surface area contributed by atoms with Gasteiger partial charge in [-0.05, 0) is 6.92 Å². The van der Waals surface area contributed by atoms with Gasteiger partial charge < -0.3 is 9.90 Å². The van der Waals surface area contributed by atoms with Gasteiger partial charge in [-0.3, -0.25) is 10.1 Å². The smallest absolute Gasteiger partial charge is 0.317 e. The molecule has 0 bridgehead atoms. The van der Waals surface area contributed by atoms with Crippen molar-refractivity contribution in [3.05, 3.63) is 0 Å². The van der Waals surface area contributed by atoms with Gasteiger partial charge in [0.05, 0.1) is 12.6 Å². The Hall–Kier alpha value is -0.900. The predicted molar refractivity (Wildman–Crippen MR) is 31.2 cm³/mol. The number of carbonyl (C=O) groups excluding carboxylic acids is 1.